The van der Waals surface area contributed by atoms with Crippen LogP contribution in [0.15, 0.2) is 54.6 Å². The van der Waals surface area contributed by atoms with Gasteiger partial charge < -0.3 is 9.47 Å². The summed E-state index contributed by atoms with van der Waals surface area (Å²) in [6.07, 6.45) is 0. The van der Waals surface area contributed by atoms with Crippen LogP contribution in [0.4, 0.5) is 22.7 Å². The van der Waals surface area contributed by atoms with E-state index in [9.17, 15) is 40.5 Å². The first-order valence-corrected chi connectivity index (χ1v) is 8.88. The zero-order valence-electron chi connectivity index (χ0n) is 16.6. The fourth-order valence-electron chi connectivity index (χ4n) is 2.78. The Morgan fingerprint density at radius 3 is 1.30 bits per heavy atom. The van der Waals surface area contributed by atoms with Crippen LogP contribution in [0.5, 0.6) is 23.0 Å². The molecule has 14 heteroatoms. The van der Waals surface area contributed by atoms with E-state index in [1.807, 2.05) is 0 Å². The van der Waals surface area contributed by atoms with Gasteiger partial charge in [0.2, 0.25) is 11.5 Å². The first-order chi connectivity index (χ1) is 15.5. The molecule has 3 aromatic carbocycles. The normalized spacial score (nSPS) is 10.3. The molecule has 33 heavy (non-hydrogen) atoms. The topological polar surface area (TPSA) is 191 Å². The Morgan fingerprint density at radius 2 is 0.970 bits per heavy atom. The first-order valence-electron chi connectivity index (χ1n) is 8.88. The molecule has 0 saturated heterocycles. The van der Waals surface area contributed by atoms with E-state index >= 15 is 0 Å². The van der Waals surface area contributed by atoms with E-state index in [4.69, 9.17) is 9.47 Å². The fourth-order valence-corrected chi connectivity index (χ4v) is 2.78. The number of ether oxygens (including phenoxy) is 2. The van der Waals surface area contributed by atoms with Crippen LogP contribution in [0.25, 0.3) is 0 Å². The monoisotopic (exact) mass is 456 g/mol. The molecule has 0 aromatic heterocycles. The predicted octanol–water partition coefficient (Wildman–Crippen LogP) is 5.21. The molecule has 0 heterocycles. The zero-order valence-corrected chi connectivity index (χ0v) is 16.6. The second-order valence-corrected chi connectivity index (χ2v) is 6.52. The van der Waals surface area contributed by atoms with Crippen molar-refractivity contribution < 1.29 is 29.2 Å². The SMILES string of the molecule is Cc1cc(Oc2ccc([N+](=O)[O-])cc2[N+](=O)[O-])cc(Oc2ccc([N+](=O)[O-])cc2[N+](=O)[O-])c1. The number of benzene rings is 3. The highest BCUT2D eigenvalue weighted by molar-refractivity contribution is 5.57. The van der Waals surface area contributed by atoms with E-state index in [1.54, 1.807) is 6.92 Å². The summed E-state index contributed by atoms with van der Waals surface area (Å²) in [7, 11) is 0. The molecular weight excluding hydrogens is 444 g/mol. The van der Waals surface area contributed by atoms with Crippen LogP contribution in [-0.4, -0.2) is 19.7 Å². The van der Waals surface area contributed by atoms with Gasteiger partial charge >= 0.3 is 11.4 Å². The molecule has 3 rings (SSSR count). The van der Waals surface area contributed by atoms with Crippen LogP contribution < -0.4 is 9.47 Å². The molecule has 0 aliphatic rings. The second kappa shape index (κ2) is 8.93. The van der Waals surface area contributed by atoms with Crippen molar-refractivity contribution >= 4 is 22.7 Å². The summed E-state index contributed by atoms with van der Waals surface area (Å²) < 4.78 is 11.1. The molecule has 0 spiro atoms. The minimum atomic E-state index is -0.838. The quantitative estimate of drug-likeness (QED) is 0.321. The number of nitrogens with zero attached hydrogens (tertiary/aromatic N) is 4. The van der Waals surface area contributed by atoms with Gasteiger partial charge in [0.25, 0.3) is 11.4 Å². The number of aryl methyl sites for hydroxylation is 1. The van der Waals surface area contributed by atoms with Crippen molar-refractivity contribution in [3.05, 3.63) is 101 Å². The summed E-state index contributed by atoms with van der Waals surface area (Å²) >= 11 is 0. The van der Waals surface area contributed by atoms with Crippen molar-refractivity contribution in [3.63, 3.8) is 0 Å². The maximum absolute atomic E-state index is 11.3. The van der Waals surface area contributed by atoms with Gasteiger partial charge in [0.15, 0.2) is 0 Å². The molecule has 0 saturated carbocycles. The molecule has 0 atom stereocenters. The van der Waals surface area contributed by atoms with Crippen LogP contribution in [0.3, 0.4) is 0 Å². The summed E-state index contributed by atoms with van der Waals surface area (Å²) in [6.45, 7) is 1.63. The predicted molar refractivity (Wildman–Crippen MR) is 111 cm³/mol. The van der Waals surface area contributed by atoms with Gasteiger partial charge in [0.05, 0.1) is 31.8 Å². The minimum Gasteiger partial charge on any atom is -0.450 e. The van der Waals surface area contributed by atoms with Gasteiger partial charge in [-0.1, -0.05) is 0 Å². The third-order valence-electron chi connectivity index (χ3n) is 4.18. The third kappa shape index (κ3) is 5.13. The summed E-state index contributed by atoms with van der Waals surface area (Å²) in [6, 6.07) is 9.98. The van der Waals surface area contributed by atoms with Gasteiger partial charge in [-0.05, 0) is 36.8 Å². The van der Waals surface area contributed by atoms with Crippen LogP contribution in [0.1, 0.15) is 5.56 Å². The van der Waals surface area contributed by atoms with Crippen molar-refractivity contribution in [1.82, 2.24) is 0 Å². The summed E-state index contributed by atoms with van der Waals surface area (Å²) in [5.41, 5.74) is -1.71. The molecule has 3 aromatic rings. The molecule has 14 nitrogen and oxygen atoms in total. The standard InChI is InChI=1S/C19H12N4O10/c1-11-6-14(32-18-4-2-12(20(24)25)8-16(18)22(28)29)10-15(7-11)33-19-5-3-13(21(26)27)9-17(19)23(30)31/h2-10H,1H3. The second-order valence-electron chi connectivity index (χ2n) is 6.52. The third-order valence-corrected chi connectivity index (χ3v) is 4.18. The van der Waals surface area contributed by atoms with Gasteiger partial charge in [0, 0.05) is 18.2 Å². The van der Waals surface area contributed by atoms with E-state index in [-0.39, 0.29) is 23.0 Å². The molecule has 0 radical (unpaired) electrons. The van der Waals surface area contributed by atoms with Gasteiger partial charge in [-0.15, -0.1) is 0 Å². The average Bonchev–Trinajstić information content (AvgIpc) is 2.73. The first kappa shape index (κ1) is 22.5. The number of hydrogen-bond donors (Lipinski definition) is 0. The number of hydrogen-bond acceptors (Lipinski definition) is 10. The van der Waals surface area contributed by atoms with Gasteiger partial charge in [-0.25, -0.2) is 0 Å². The molecule has 0 N–H and O–H groups in total. The largest absolute Gasteiger partial charge is 0.450 e. The van der Waals surface area contributed by atoms with Crippen molar-refractivity contribution in [2.24, 2.45) is 0 Å². The lowest BCUT2D eigenvalue weighted by molar-refractivity contribution is -0.394. The maximum atomic E-state index is 11.3. The molecule has 0 aliphatic heterocycles. The van der Waals surface area contributed by atoms with Crippen LogP contribution in [0.2, 0.25) is 0 Å². The van der Waals surface area contributed by atoms with Crippen molar-refractivity contribution in [2.75, 3.05) is 0 Å². The number of rotatable bonds is 8. The van der Waals surface area contributed by atoms with Crippen LogP contribution in [-0.2, 0) is 0 Å². The van der Waals surface area contributed by atoms with Gasteiger partial charge in [-0.3, -0.25) is 40.5 Å². The number of nitro groups is 4. The Morgan fingerprint density at radius 1 is 0.576 bits per heavy atom. The van der Waals surface area contributed by atoms with Crippen molar-refractivity contribution in [2.45, 2.75) is 6.92 Å². The summed E-state index contributed by atoms with van der Waals surface area (Å²) in [5.74, 6) is -0.454. The van der Waals surface area contributed by atoms with E-state index in [2.05, 4.69) is 0 Å². The molecule has 168 valence electrons. The minimum absolute atomic E-state index is 0.0477. The van der Waals surface area contributed by atoms with E-state index < -0.39 is 42.4 Å². The molecule has 0 aliphatic carbocycles. The fraction of sp³-hybridized carbons (Fsp3) is 0.0526. The highest BCUT2D eigenvalue weighted by Gasteiger charge is 2.23. The lowest BCUT2D eigenvalue weighted by Gasteiger charge is -2.11. The number of non-ortho nitro benzene ring substituents is 2. The highest BCUT2D eigenvalue weighted by atomic mass is 16.6. The van der Waals surface area contributed by atoms with E-state index in [0.29, 0.717) is 5.56 Å². The van der Waals surface area contributed by atoms with Crippen molar-refractivity contribution in [1.29, 1.82) is 0 Å². The molecule has 0 amide bonds. The van der Waals surface area contributed by atoms with E-state index in [0.717, 1.165) is 36.4 Å². The maximum Gasteiger partial charge on any atom is 0.318 e. The van der Waals surface area contributed by atoms with E-state index in [1.165, 1.54) is 18.2 Å². The molecule has 0 bridgehead atoms. The van der Waals surface area contributed by atoms with Crippen LogP contribution >= 0.6 is 0 Å². The molecule has 0 unspecified atom stereocenters. The summed E-state index contributed by atoms with van der Waals surface area (Å²) in [5, 5.41) is 44.4. The average molecular weight is 456 g/mol. The Hall–Kier alpha value is -5.14. The Labute approximate surface area is 183 Å². The summed E-state index contributed by atoms with van der Waals surface area (Å²) in [4.78, 5) is 41.1. The molecular formula is C19H12N4O10. The Bertz CT molecular complexity index is 1210. The van der Waals surface area contributed by atoms with Gasteiger partial charge in [0.1, 0.15) is 11.5 Å². The Kier molecular flexibility index (Phi) is 6.10. The lowest BCUT2D eigenvalue weighted by atomic mass is 10.2. The Balaban J connectivity index is 1.96. The van der Waals surface area contributed by atoms with Gasteiger partial charge in [-0.2, -0.15) is 0 Å². The zero-order chi connectivity index (χ0) is 24.3. The van der Waals surface area contributed by atoms with Crippen LogP contribution in [0, 0.1) is 47.4 Å². The number of nitro benzene ring substituents is 4. The lowest BCUT2D eigenvalue weighted by Crippen LogP contribution is -1.97. The van der Waals surface area contributed by atoms with Crippen molar-refractivity contribution in [3.8, 4) is 23.0 Å². The molecule has 0 fully saturated rings. The highest BCUT2D eigenvalue weighted by Crippen LogP contribution is 2.38. The smallest absolute Gasteiger partial charge is 0.318 e.